The zero-order valence-corrected chi connectivity index (χ0v) is 12.0. The smallest absolute Gasteiger partial charge is 0.149 e. The number of hydrogen-bond donors (Lipinski definition) is 1. The van der Waals surface area contributed by atoms with Crippen molar-refractivity contribution in [3.63, 3.8) is 0 Å². The summed E-state index contributed by atoms with van der Waals surface area (Å²) in [6.45, 7) is 7.59. The van der Waals surface area contributed by atoms with Gasteiger partial charge in [-0.25, -0.2) is 0 Å². The average molecular weight is 253 g/mol. The maximum Gasteiger partial charge on any atom is 0.149 e. The molecule has 3 heteroatoms. The molecule has 1 saturated carbocycles. The van der Waals surface area contributed by atoms with Gasteiger partial charge in [0.15, 0.2) is 0 Å². The quantitative estimate of drug-likeness (QED) is 0.839. The third-order valence-electron chi connectivity index (χ3n) is 5.57. The third kappa shape index (κ3) is 2.23. The van der Waals surface area contributed by atoms with Gasteiger partial charge in [0.2, 0.25) is 0 Å². The van der Waals surface area contributed by atoms with Gasteiger partial charge in [-0.1, -0.05) is 19.8 Å². The average Bonchev–Trinajstić information content (AvgIpc) is 2.36. The second-order valence-corrected chi connectivity index (χ2v) is 6.43. The Labute approximate surface area is 111 Å². The van der Waals surface area contributed by atoms with Gasteiger partial charge in [-0.2, -0.15) is 0 Å². The van der Waals surface area contributed by atoms with Gasteiger partial charge in [-0.05, 0) is 39.5 Å². The van der Waals surface area contributed by atoms with Gasteiger partial charge >= 0.3 is 0 Å². The van der Waals surface area contributed by atoms with E-state index in [9.17, 15) is 9.90 Å². The second kappa shape index (κ2) is 4.93. The van der Waals surface area contributed by atoms with Gasteiger partial charge in [0.1, 0.15) is 5.78 Å². The number of ketones is 1. The Balaban J connectivity index is 2.13. The number of nitrogens with zero attached hydrogens (tertiary/aromatic N) is 1. The van der Waals surface area contributed by atoms with Gasteiger partial charge in [0.25, 0.3) is 0 Å². The minimum absolute atomic E-state index is 0.256. The van der Waals surface area contributed by atoms with E-state index in [2.05, 4.69) is 18.7 Å². The molecule has 1 aliphatic carbocycles. The van der Waals surface area contributed by atoms with Gasteiger partial charge in [-0.3, -0.25) is 9.69 Å². The predicted octanol–water partition coefficient (Wildman–Crippen LogP) is 2.37. The van der Waals surface area contributed by atoms with E-state index >= 15 is 0 Å². The fraction of sp³-hybridized carbons (Fsp3) is 0.933. The van der Waals surface area contributed by atoms with Crippen LogP contribution < -0.4 is 0 Å². The molecule has 3 atom stereocenters. The van der Waals surface area contributed by atoms with Gasteiger partial charge in [0, 0.05) is 19.0 Å². The molecule has 0 amide bonds. The van der Waals surface area contributed by atoms with Crippen molar-refractivity contribution in [2.45, 2.75) is 70.4 Å². The molecule has 18 heavy (non-hydrogen) atoms. The largest absolute Gasteiger partial charge is 0.390 e. The molecule has 3 unspecified atom stereocenters. The summed E-state index contributed by atoms with van der Waals surface area (Å²) < 4.78 is 0. The summed E-state index contributed by atoms with van der Waals surface area (Å²) in [6, 6.07) is 0. The van der Waals surface area contributed by atoms with E-state index in [4.69, 9.17) is 0 Å². The molecule has 0 aromatic rings. The Hall–Kier alpha value is -0.410. The first-order chi connectivity index (χ1) is 8.42. The minimum atomic E-state index is -0.444. The molecule has 1 saturated heterocycles. The Kier molecular flexibility index (Phi) is 3.84. The lowest BCUT2D eigenvalue weighted by atomic mass is 9.70. The Morgan fingerprint density at radius 1 is 1.44 bits per heavy atom. The first kappa shape index (κ1) is 14.0. The van der Waals surface area contributed by atoms with Crippen molar-refractivity contribution in [1.29, 1.82) is 0 Å². The van der Waals surface area contributed by atoms with E-state index in [1.807, 2.05) is 0 Å². The summed E-state index contributed by atoms with van der Waals surface area (Å²) in [6.07, 6.45) is 6.14. The lowest BCUT2D eigenvalue weighted by Gasteiger charge is -2.51. The van der Waals surface area contributed by atoms with E-state index in [0.29, 0.717) is 5.92 Å². The Morgan fingerprint density at radius 3 is 2.78 bits per heavy atom. The first-order valence-corrected chi connectivity index (χ1v) is 7.41. The molecule has 104 valence electrons. The van der Waals surface area contributed by atoms with E-state index in [1.165, 1.54) is 6.42 Å². The molecule has 1 heterocycles. The van der Waals surface area contributed by atoms with Crippen molar-refractivity contribution in [2.24, 2.45) is 5.92 Å². The highest BCUT2D eigenvalue weighted by molar-refractivity contribution is 5.85. The van der Waals surface area contributed by atoms with E-state index in [1.54, 1.807) is 6.92 Å². The number of piperidine rings is 1. The number of hydrogen-bond acceptors (Lipinski definition) is 3. The number of fused-ring (bicyclic) bond motifs is 1. The van der Waals surface area contributed by atoms with Crippen LogP contribution in [0.3, 0.4) is 0 Å². The zero-order valence-electron chi connectivity index (χ0n) is 12.0. The monoisotopic (exact) mass is 253 g/mol. The normalized spacial score (nSPS) is 36.8. The van der Waals surface area contributed by atoms with Crippen LogP contribution in [-0.4, -0.2) is 40.0 Å². The number of aliphatic hydroxyl groups is 1. The molecule has 1 N–H and O–H groups in total. The molecule has 2 fully saturated rings. The Bertz CT molecular complexity index is 330. The molecule has 0 radical (unpaired) electrons. The number of likely N-dealkylation sites (tertiary alicyclic amines) is 1. The summed E-state index contributed by atoms with van der Waals surface area (Å²) in [7, 11) is 0. The first-order valence-electron chi connectivity index (χ1n) is 7.41. The van der Waals surface area contributed by atoms with Crippen LogP contribution in [0.1, 0.15) is 59.3 Å². The molecule has 3 nitrogen and oxygen atoms in total. The highest BCUT2D eigenvalue weighted by Gasteiger charge is 2.47. The SMILES string of the molecule is CCC(C)(C(C)=O)N1CCC2(O)CCCCC2C1. The molecule has 0 aromatic heterocycles. The summed E-state index contributed by atoms with van der Waals surface area (Å²) in [5, 5.41) is 10.7. The van der Waals surface area contributed by atoms with Crippen LogP contribution in [0.5, 0.6) is 0 Å². The zero-order chi connectivity index (χ0) is 13.4. The standard InChI is InChI=1S/C15H27NO2/c1-4-14(3,12(2)17)16-10-9-15(18)8-6-5-7-13(15)11-16/h13,18H,4-11H2,1-3H3. The predicted molar refractivity (Wildman–Crippen MR) is 72.5 cm³/mol. The molecular weight excluding hydrogens is 226 g/mol. The van der Waals surface area contributed by atoms with Crippen molar-refractivity contribution in [3.05, 3.63) is 0 Å². The number of Topliss-reactive ketones (excluding diaryl/α,β-unsaturated/α-hetero) is 1. The van der Waals surface area contributed by atoms with Crippen molar-refractivity contribution < 1.29 is 9.90 Å². The number of carbonyl (C=O) groups is 1. The Morgan fingerprint density at radius 2 is 2.17 bits per heavy atom. The highest BCUT2D eigenvalue weighted by atomic mass is 16.3. The fourth-order valence-electron chi connectivity index (χ4n) is 3.71. The lowest BCUT2D eigenvalue weighted by molar-refractivity contribution is -0.141. The number of rotatable bonds is 3. The molecule has 2 aliphatic rings. The summed E-state index contributed by atoms with van der Waals surface area (Å²) in [4.78, 5) is 14.3. The van der Waals surface area contributed by atoms with Crippen LogP contribution in [0.15, 0.2) is 0 Å². The lowest BCUT2D eigenvalue weighted by Crippen LogP contribution is -2.61. The van der Waals surface area contributed by atoms with E-state index in [-0.39, 0.29) is 11.3 Å². The summed E-state index contributed by atoms with van der Waals surface area (Å²) in [5.74, 6) is 0.622. The minimum Gasteiger partial charge on any atom is -0.390 e. The fourth-order valence-corrected chi connectivity index (χ4v) is 3.71. The van der Waals surface area contributed by atoms with Gasteiger partial charge in [-0.15, -0.1) is 0 Å². The highest BCUT2D eigenvalue weighted by Crippen LogP contribution is 2.41. The van der Waals surface area contributed by atoms with Gasteiger partial charge in [0.05, 0.1) is 11.1 Å². The maximum absolute atomic E-state index is 11.9. The van der Waals surface area contributed by atoms with Crippen LogP contribution in [0.4, 0.5) is 0 Å². The van der Waals surface area contributed by atoms with Crippen molar-refractivity contribution in [2.75, 3.05) is 13.1 Å². The van der Waals surface area contributed by atoms with Crippen molar-refractivity contribution >= 4 is 5.78 Å². The molecule has 0 bridgehead atoms. The van der Waals surface area contributed by atoms with Gasteiger partial charge < -0.3 is 5.11 Å². The van der Waals surface area contributed by atoms with E-state index < -0.39 is 5.60 Å². The molecular formula is C15H27NO2. The molecule has 1 aliphatic heterocycles. The van der Waals surface area contributed by atoms with Crippen molar-refractivity contribution in [1.82, 2.24) is 4.90 Å². The number of carbonyl (C=O) groups excluding carboxylic acids is 1. The van der Waals surface area contributed by atoms with Crippen molar-refractivity contribution in [3.8, 4) is 0 Å². The van der Waals surface area contributed by atoms with Crippen LogP contribution >= 0.6 is 0 Å². The van der Waals surface area contributed by atoms with Crippen LogP contribution in [0.2, 0.25) is 0 Å². The molecule has 0 aromatic carbocycles. The van der Waals surface area contributed by atoms with Crippen LogP contribution in [-0.2, 0) is 4.79 Å². The second-order valence-electron chi connectivity index (χ2n) is 6.43. The van der Waals surface area contributed by atoms with Crippen LogP contribution in [0, 0.1) is 5.92 Å². The topological polar surface area (TPSA) is 40.5 Å². The molecule has 2 rings (SSSR count). The van der Waals surface area contributed by atoms with E-state index in [0.717, 1.165) is 45.2 Å². The molecule has 0 spiro atoms. The van der Waals surface area contributed by atoms with Crippen LogP contribution in [0.25, 0.3) is 0 Å². The summed E-state index contributed by atoms with van der Waals surface area (Å²) >= 11 is 0. The maximum atomic E-state index is 11.9. The third-order valence-corrected chi connectivity index (χ3v) is 5.57. The summed E-state index contributed by atoms with van der Waals surface area (Å²) in [5.41, 5.74) is -0.779.